The van der Waals surface area contributed by atoms with Gasteiger partial charge in [0.05, 0.1) is 20.5 Å². The predicted molar refractivity (Wildman–Crippen MR) is 86.0 cm³/mol. The summed E-state index contributed by atoms with van der Waals surface area (Å²) < 4.78 is 16.4. The van der Waals surface area contributed by atoms with E-state index in [4.69, 9.17) is 11.6 Å². The van der Waals surface area contributed by atoms with Crippen LogP contribution in [0.4, 0.5) is 4.39 Å². The summed E-state index contributed by atoms with van der Waals surface area (Å²) in [5.74, 6) is 2.01. The molecule has 0 N–H and O–H groups in total. The van der Waals surface area contributed by atoms with E-state index < -0.39 is 0 Å². The quantitative estimate of drug-likeness (QED) is 0.537. The van der Waals surface area contributed by atoms with Crippen molar-refractivity contribution in [2.24, 2.45) is 11.8 Å². The number of hydrogen-bond acceptors (Lipinski definition) is 1. The molecule has 1 aromatic heterocycles. The second kappa shape index (κ2) is 5.95. The standard InChI is InChI=1S/C14H17ClFIN2/c1-8(2)9(3)7-19-13-4-10(16)11(17)5-12(13)18-14(19)6-15/h4-5,8-9H,6-7H2,1-3H3. The highest BCUT2D eigenvalue weighted by molar-refractivity contribution is 14.1. The Kier molecular flexibility index (Phi) is 4.71. The van der Waals surface area contributed by atoms with Crippen molar-refractivity contribution in [3.63, 3.8) is 0 Å². The van der Waals surface area contributed by atoms with Crippen LogP contribution in [0.3, 0.4) is 0 Å². The Labute approximate surface area is 131 Å². The molecule has 1 heterocycles. The molecule has 0 spiro atoms. The highest BCUT2D eigenvalue weighted by Crippen LogP contribution is 2.25. The minimum atomic E-state index is -0.201. The molecule has 5 heteroatoms. The molecule has 19 heavy (non-hydrogen) atoms. The fourth-order valence-electron chi connectivity index (χ4n) is 1.97. The molecular formula is C14H17ClFIN2. The van der Waals surface area contributed by atoms with E-state index in [-0.39, 0.29) is 5.82 Å². The van der Waals surface area contributed by atoms with Gasteiger partial charge in [0.15, 0.2) is 0 Å². The maximum absolute atomic E-state index is 13.8. The smallest absolute Gasteiger partial charge is 0.138 e. The van der Waals surface area contributed by atoms with Crippen molar-refractivity contribution in [2.75, 3.05) is 0 Å². The summed E-state index contributed by atoms with van der Waals surface area (Å²) in [5, 5.41) is 0. The number of halogens is 3. The number of aromatic nitrogens is 2. The molecule has 1 aromatic carbocycles. The van der Waals surface area contributed by atoms with Gasteiger partial charge in [-0.2, -0.15) is 0 Å². The van der Waals surface area contributed by atoms with Crippen LogP contribution in [0.15, 0.2) is 12.1 Å². The summed E-state index contributed by atoms with van der Waals surface area (Å²) in [6.45, 7) is 7.38. The van der Waals surface area contributed by atoms with Gasteiger partial charge in [-0.15, -0.1) is 11.6 Å². The molecule has 0 bridgehead atoms. The van der Waals surface area contributed by atoms with Gasteiger partial charge in [-0.05, 0) is 40.5 Å². The number of benzene rings is 1. The Hall–Kier alpha value is -0.360. The fourth-order valence-corrected chi connectivity index (χ4v) is 2.63. The fraction of sp³-hybridized carbons (Fsp3) is 0.500. The molecule has 2 nitrogen and oxygen atoms in total. The minimum Gasteiger partial charge on any atom is -0.327 e. The molecule has 104 valence electrons. The van der Waals surface area contributed by atoms with Gasteiger partial charge in [-0.1, -0.05) is 20.8 Å². The number of alkyl halides is 1. The Bertz CT molecular complexity index is 595. The van der Waals surface area contributed by atoms with Crippen molar-refractivity contribution in [3.05, 3.63) is 27.3 Å². The van der Waals surface area contributed by atoms with E-state index in [9.17, 15) is 4.39 Å². The summed E-state index contributed by atoms with van der Waals surface area (Å²) in [4.78, 5) is 4.51. The van der Waals surface area contributed by atoms with E-state index in [1.54, 1.807) is 12.1 Å². The van der Waals surface area contributed by atoms with Gasteiger partial charge in [0.2, 0.25) is 0 Å². The number of rotatable bonds is 4. The van der Waals surface area contributed by atoms with Gasteiger partial charge in [-0.3, -0.25) is 0 Å². The van der Waals surface area contributed by atoms with E-state index >= 15 is 0 Å². The van der Waals surface area contributed by atoms with E-state index in [1.165, 1.54) is 0 Å². The number of fused-ring (bicyclic) bond motifs is 1. The predicted octanol–water partition coefficient (Wildman–Crippen LogP) is 4.81. The molecule has 0 saturated carbocycles. The van der Waals surface area contributed by atoms with Crippen molar-refractivity contribution in [3.8, 4) is 0 Å². The topological polar surface area (TPSA) is 17.8 Å². The number of nitrogens with zero attached hydrogens (tertiary/aromatic N) is 2. The molecule has 0 amide bonds. The van der Waals surface area contributed by atoms with Gasteiger partial charge in [-0.25, -0.2) is 9.37 Å². The van der Waals surface area contributed by atoms with Gasteiger partial charge >= 0.3 is 0 Å². The zero-order valence-corrected chi connectivity index (χ0v) is 14.2. The van der Waals surface area contributed by atoms with Gasteiger partial charge in [0.25, 0.3) is 0 Å². The van der Waals surface area contributed by atoms with Crippen molar-refractivity contribution in [1.29, 1.82) is 0 Å². The molecule has 0 aliphatic rings. The lowest BCUT2D eigenvalue weighted by molar-refractivity contribution is 0.365. The van der Waals surface area contributed by atoms with Crippen LogP contribution in [-0.4, -0.2) is 9.55 Å². The zero-order chi connectivity index (χ0) is 14.2. The van der Waals surface area contributed by atoms with E-state index in [2.05, 4.69) is 25.8 Å². The van der Waals surface area contributed by atoms with E-state index in [0.717, 1.165) is 23.4 Å². The normalized spacial score (nSPS) is 13.4. The second-order valence-electron chi connectivity index (χ2n) is 5.25. The van der Waals surface area contributed by atoms with Crippen molar-refractivity contribution in [2.45, 2.75) is 33.2 Å². The summed E-state index contributed by atoms with van der Waals surface area (Å²) in [5.41, 5.74) is 1.65. The SMILES string of the molecule is CC(C)C(C)Cn1c(CCl)nc2cc(I)c(F)cc21. The third-order valence-electron chi connectivity index (χ3n) is 3.60. The lowest BCUT2D eigenvalue weighted by Crippen LogP contribution is -2.14. The van der Waals surface area contributed by atoms with Crippen LogP contribution in [0, 0.1) is 21.2 Å². The average Bonchev–Trinajstić information content (AvgIpc) is 2.67. The molecule has 2 aromatic rings. The maximum atomic E-state index is 13.8. The van der Waals surface area contributed by atoms with Gasteiger partial charge in [0.1, 0.15) is 11.6 Å². The minimum absolute atomic E-state index is 0.201. The summed E-state index contributed by atoms with van der Waals surface area (Å²) in [7, 11) is 0. The van der Waals surface area contributed by atoms with Crippen LogP contribution in [0.5, 0.6) is 0 Å². The van der Waals surface area contributed by atoms with Crippen molar-refractivity contribution < 1.29 is 4.39 Å². The largest absolute Gasteiger partial charge is 0.327 e. The van der Waals surface area contributed by atoms with Crippen LogP contribution < -0.4 is 0 Å². The van der Waals surface area contributed by atoms with Crippen LogP contribution in [0.1, 0.15) is 26.6 Å². The number of hydrogen-bond donors (Lipinski definition) is 0. The molecule has 0 radical (unpaired) electrons. The Morgan fingerprint density at radius 3 is 2.63 bits per heavy atom. The third kappa shape index (κ3) is 3.05. The highest BCUT2D eigenvalue weighted by atomic mass is 127. The van der Waals surface area contributed by atoms with Gasteiger partial charge in [0, 0.05) is 12.6 Å². The Morgan fingerprint density at radius 2 is 2.05 bits per heavy atom. The third-order valence-corrected chi connectivity index (χ3v) is 4.66. The van der Waals surface area contributed by atoms with Crippen LogP contribution in [0.2, 0.25) is 0 Å². The van der Waals surface area contributed by atoms with Crippen molar-refractivity contribution >= 4 is 45.2 Å². The highest BCUT2D eigenvalue weighted by Gasteiger charge is 2.16. The monoisotopic (exact) mass is 394 g/mol. The number of imidazole rings is 1. The first-order valence-electron chi connectivity index (χ1n) is 6.34. The van der Waals surface area contributed by atoms with Crippen LogP contribution in [-0.2, 0) is 12.4 Å². The first-order valence-corrected chi connectivity index (χ1v) is 7.95. The lowest BCUT2D eigenvalue weighted by atomic mass is 9.98. The van der Waals surface area contributed by atoms with E-state index in [1.807, 2.05) is 27.2 Å². The molecular weight excluding hydrogens is 378 g/mol. The molecule has 1 atom stereocenters. The zero-order valence-electron chi connectivity index (χ0n) is 11.3. The Balaban J connectivity index is 2.53. The molecule has 1 unspecified atom stereocenters. The summed E-state index contributed by atoms with van der Waals surface area (Å²) >= 11 is 7.95. The molecule has 2 rings (SSSR count). The summed E-state index contributed by atoms with van der Waals surface area (Å²) in [6, 6.07) is 3.34. The van der Waals surface area contributed by atoms with Crippen molar-refractivity contribution in [1.82, 2.24) is 9.55 Å². The molecule has 0 saturated heterocycles. The van der Waals surface area contributed by atoms with Crippen LogP contribution >= 0.6 is 34.2 Å². The summed E-state index contributed by atoms with van der Waals surface area (Å²) in [6.07, 6.45) is 0. The Morgan fingerprint density at radius 1 is 1.37 bits per heavy atom. The van der Waals surface area contributed by atoms with E-state index in [0.29, 0.717) is 21.3 Å². The van der Waals surface area contributed by atoms with Crippen LogP contribution in [0.25, 0.3) is 11.0 Å². The second-order valence-corrected chi connectivity index (χ2v) is 6.68. The molecule has 0 aliphatic heterocycles. The average molecular weight is 395 g/mol. The first-order chi connectivity index (χ1) is 8.93. The lowest BCUT2D eigenvalue weighted by Gasteiger charge is -2.18. The maximum Gasteiger partial charge on any atom is 0.138 e. The molecule has 0 aliphatic carbocycles. The first kappa shape index (κ1) is 15.0. The molecule has 0 fully saturated rings. The van der Waals surface area contributed by atoms with Gasteiger partial charge < -0.3 is 4.57 Å².